The van der Waals surface area contributed by atoms with Crippen LogP contribution in [-0.4, -0.2) is 30.1 Å². The van der Waals surface area contributed by atoms with Gasteiger partial charge in [-0.3, -0.25) is 0 Å². The summed E-state index contributed by atoms with van der Waals surface area (Å²) in [7, 11) is 1.75. The molecule has 0 saturated carbocycles. The molecule has 2 aliphatic rings. The normalized spacial score (nSPS) is 21.4. The van der Waals surface area contributed by atoms with Gasteiger partial charge in [-0.25, -0.2) is 4.79 Å². The van der Waals surface area contributed by atoms with Crippen molar-refractivity contribution >= 4 is 11.7 Å². The Morgan fingerprint density at radius 3 is 2.82 bits per heavy atom. The number of benzene rings is 1. The van der Waals surface area contributed by atoms with Crippen molar-refractivity contribution in [3.8, 4) is 6.07 Å². The molecule has 5 heteroatoms. The summed E-state index contributed by atoms with van der Waals surface area (Å²) >= 11 is 0. The van der Waals surface area contributed by atoms with E-state index in [9.17, 15) is 4.79 Å². The highest BCUT2D eigenvalue weighted by Gasteiger charge is 2.36. The number of likely N-dealkylation sites (N-methyl/N-ethyl adjacent to an activating group) is 1. The highest BCUT2D eigenvalue weighted by Crippen LogP contribution is 2.34. The zero-order valence-corrected chi connectivity index (χ0v) is 12.3. The van der Waals surface area contributed by atoms with Crippen LogP contribution in [-0.2, 0) is 11.2 Å². The van der Waals surface area contributed by atoms with Gasteiger partial charge in [-0.1, -0.05) is 30.3 Å². The predicted octanol–water partition coefficient (Wildman–Crippen LogP) is 2.20. The number of ether oxygens (including phenoxy) is 1. The number of nitrogens with two attached hydrogens (primary N) is 1. The minimum absolute atomic E-state index is 0.0146. The maximum atomic E-state index is 11.6. The number of nitrogens with zero attached hydrogens (tertiary/aromatic N) is 2. The molecule has 112 valence electrons. The molecule has 1 aliphatic heterocycles. The van der Waals surface area contributed by atoms with Gasteiger partial charge < -0.3 is 15.4 Å². The zero-order chi connectivity index (χ0) is 15.7. The molecule has 2 N–H and O–H groups in total. The summed E-state index contributed by atoms with van der Waals surface area (Å²) in [5.41, 5.74) is 8.96. The summed E-state index contributed by atoms with van der Waals surface area (Å²) < 4.78 is 5.20. The zero-order valence-electron chi connectivity index (χ0n) is 12.3. The standard InChI is InChI=1S/C17H17N3O2/c1-20-15-9-13(6-7-16(15)22-17(20)21)12-4-2-11(3-5-12)8-14(19)10-18/h2-7,14-15H,8-9,19H2,1H3. The Kier molecular flexibility index (Phi) is 3.70. The van der Waals surface area contributed by atoms with Crippen molar-refractivity contribution in [1.82, 2.24) is 4.90 Å². The molecule has 0 bridgehead atoms. The lowest BCUT2D eigenvalue weighted by Crippen LogP contribution is -2.29. The van der Waals surface area contributed by atoms with Crippen molar-refractivity contribution < 1.29 is 9.53 Å². The minimum Gasteiger partial charge on any atom is -0.412 e. The van der Waals surface area contributed by atoms with E-state index >= 15 is 0 Å². The molecule has 1 heterocycles. The highest BCUT2D eigenvalue weighted by atomic mass is 16.6. The second kappa shape index (κ2) is 5.66. The summed E-state index contributed by atoms with van der Waals surface area (Å²) in [5.74, 6) is 0.716. The molecule has 22 heavy (non-hydrogen) atoms. The summed E-state index contributed by atoms with van der Waals surface area (Å²) in [5, 5.41) is 8.75. The number of hydrogen-bond donors (Lipinski definition) is 1. The van der Waals surface area contributed by atoms with Gasteiger partial charge in [0.25, 0.3) is 0 Å². The van der Waals surface area contributed by atoms with Crippen molar-refractivity contribution in [2.75, 3.05) is 7.05 Å². The number of carbonyl (C=O) groups excluding carboxylic acids is 1. The molecule has 0 aromatic heterocycles. The van der Waals surface area contributed by atoms with Crippen LogP contribution in [0.1, 0.15) is 17.5 Å². The van der Waals surface area contributed by atoms with Crippen LogP contribution in [0.5, 0.6) is 0 Å². The molecule has 1 aliphatic carbocycles. The Labute approximate surface area is 129 Å². The van der Waals surface area contributed by atoms with Crippen molar-refractivity contribution in [1.29, 1.82) is 5.26 Å². The van der Waals surface area contributed by atoms with Crippen LogP contribution >= 0.6 is 0 Å². The average Bonchev–Trinajstić information content (AvgIpc) is 2.82. The van der Waals surface area contributed by atoms with E-state index in [1.54, 1.807) is 11.9 Å². The van der Waals surface area contributed by atoms with Gasteiger partial charge in [-0.15, -0.1) is 0 Å². The van der Waals surface area contributed by atoms with Crippen molar-refractivity contribution in [2.24, 2.45) is 5.73 Å². The van der Waals surface area contributed by atoms with Gasteiger partial charge in [0, 0.05) is 19.9 Å². The first-order chi connectivity index (χ1) is 10.6. The van der Waals surface area contributed by atoms with Crippen molar-refractivity contribution in [3.05, 3.63) is 53.3 Å². The molecule has 1 amide bonds. The summed E-state index contributed by atoms with van der Waals surface area (Å²) in [6.07, 6.45) is 4.85. The van der Waals surface area contributed by atoms with Gasteiger partial charge in [0.15, 0.2) is 0 Å². The molecule has 2 atom stereocenters. The van der Waals surface area contributed by atoms with E-state index < -0.39 is 6.04 Å². The molecule has 1 aromatic rings. The Balaban J connectivity index is 1.76. The number of allylic oxidation sites excluding steroid dienone is 2. The van der Waals surface area contributed by atoms with Crippen LogP contribution in [0.25, 0.3) is 5.57 Å². The third kappa shape index (κ3) is 2.61. The maximum Gasteiger partial charge on any atom is 0.415 e. The number of amides is 1. The second-order valence-corrected chi connectivity index (χ2v) is 5.60. The van der Waals surface area contributed by atoms with Gasteiger partial charge >= 0.3 is 6.09 Å². The SMILES string of the molecule is CN1C(=O)OC2=CC=C(c3ccc(CC(N)C#N)cc3)CC21. The van der Waals surface area contributed by atoms with Crippen LogP contribution in [0.2, 0.25) is 0 Å². The van der Waals surface area contributed by atoms with E-state index in [2.05, 4.69) is 0 Å². The van der Waals surface area contributed by atoms with Gasteiger partial charge in [0.2, 0.25) is 0 Å². The average molecular weight is 295 g/mol. The third-order valence-electron chi connectivity index (χ3n) is 4.10. The molecule has 1 aromatic carbocycles. The van der Waals surface area contributed by atoms with Crippen molar-refractivity contribution in [2.45, 2.75) is 24.9 Å². The topological polar surface area (TPSA) is 79.3 Å². The van der Waals surface area contributed by atoms with E-state index in [1.165, 1.54) is 0 Å². The Morgan fingerprint density at radius 1 is 1.41 bits per heavy atom. The fourth-order valence-electron chi connectivity index (χ4n) is 2.77. The fraction of sp³-hybridized carbons (Fsp3) is 0.294. The summed E-state index contributed by atoms with van der Waals surface area (Å²) in [4.78, 5) is 13.2. The van der Waals surface area contributed by atoms with Gasteiger partial charge in [0.1, 0.15) is 5.76 Å². The van der Waals surface area contributed by atoms with E-state index in [0.29, 0.717) is 12.2 Å². The number of hydrogen-bond acceptors (Lipinski definition) is 4. The first-order valence-corrected chi connectivity index (χ1v) is 7.18. The lowest BCUT2D eigenvalue weighted by atomic mass is 9.92. The monoisotopic (exact) mass is 295 g/mol. The lowest BCUT2D eigenvalue weighted by Gasteiger charge is -2.21. The van der Waals surface area contributed by atoms with Crippen LogP contribution in [0, 0.1) is 11.3 Å². The number of nitriles is 1. The lowest BCUT2D eigenvalue weighted by molar-refractivity contribution is 0.173. The number of rotatable bonds is 3. The van der Waals surface area contributed by atoms with E-state index in [4.69, 9.17) is 15.7 Å². The van der Waals surface area contributed by atoms with E-state index in [1.807, 2.05) is 42.5 Å². The summed E-state index contributed by atoms with van der Waals surface area (Å²) in [6, 6.07) is 9.59. The summed E-state index contributed by atoms with van der Waals surface area (Å²) in [6.45, 7) is 0. The second-order valence-electron chi connectivity index (χ2n) is 5.60. The van der Waals surface area contributed by atoms with Crippen LogP contribution < -0.4 is 5.73 Å². The van der Waals surface area contributed by atoms with E-state index in [-0.39, 0.29) is 12.1 Å². The minimum atomic E-state index is -0.472. The van der Waals surface area contributed by atoms with Crippen molar-refractivity contribution in [3.63, 3.8) is 0 Å². The molecular formula is C17H17N3O2. The van der Waals surface area contributed by atoms with Crippen LogP contribution in [0.4, 0.5) is 4.79 Å². The Bertz CT molecular complexity index is 698. The first-order valence-electron chi connectivity index (χ1n) is 7.18. The predicted molar refractivity (Wildman–Crippen MR) is 82.4 cm³/mol. The van der Waals surface area contributed by atoms with Gasteiger partial charge in [0.05, 0.1) is 18.2 Å². The third-order valence-corrected chi connectivity index (χ3v) is 4.10. The maximum absolute atomic E-state index is 11.6. The largest absolute Gasteiger partial charge is 0.415 e. The molecular weight excluding hydrogens is 278 g/mol. The Hall–Kier alpha value is -2.58. The number of carbonyl (C=O) groups is 1. The fourth-order valence-corrected chi connectivity index (χ4v) is 2.77. The highest BCUT2D eigenvalue weighted by molar-refractivity contribution is 5.77. The van der Waals surface area contributed by atoms with Crippen LogP contribution in [0.15, 0.2) is 42.2 Å². The smallest absolute Gasteiger partial charge is 0.412 e. The number of fused-ring (bicyclic) bond motifs is 1. The molecule has 1 fully saturated rings. The van der Waals surface area contributed by atoms with Crippen LogP contribution in [0.3, 0.4) is 0 Å². The molecule has 5 nitrogen and oxygen atoms in total. The molecule has 0 radical (unpaired) electrons. The molecule has 3 rings (SSSR count). The molecule has 1 saturated heterocycles. The Morgan fingerprint density at radius 2 is 2.14 bits per heavy atom. The van der Waals surface area contributed by atoms with Gasteiger partial charge in [-0.2, -0.15) is 5.26 Å². The van der Waals surface area contributed by atoms with E-state index in [0.717, 1.165) is 23.1 Å². The van der Waals surface area contributed by atoms with Gasteiger partial charge in [-0.05, 0) is 22.8 Å². The molecule has 2 unspecified atom stereocenters. The first kappa shape index (κ1) is 14.4. The quantitative estimate of drug-likeness (QED) is 0.927. The molecule has 0 spiro atoms.